The fraction of sp³-hybridized carbons (Fsp3) is 1.00. The Balaban J connectivity index is 2.14. The summed E-state index contributed by atoms with van der Waals surface area (Å²) in [4.78, 5) is 1.86. The summed E-state index contributed by atoms with van der Waals surface area (Å²) in [7, 11) is 5.18. The van der Waals surface area contributed by atoms with Crippen LogP contribution >= 0.6 is 0 Å². The van der Waals surface area contributed by atoms with Crippen LogP contribution in [0.2, 0.25) is 0 Å². The molecule has 0 unspecified atom stereocenters. The van der Waals surface area contributed by atoms with E-state index in [1.54, 1.807) is 13.8 Å². The molecule has 0 aromatic rings. The first-order valence-corrected chi connectivity index (χ1v) is 8.32. The van der Waals surface area contributed by atoms with Crippen molar-refractivity contribution in [3.05, 3.63) is 0 Å². The molecule has 9 atom stereocenters. The van der Waals surface area contributed by atoms with Gasteiger partial charge in [0.05, 0.1) is 23.9 Å². The number of methoxy groups -OCH3 is 1. The Morgan fingerprint density at radius 3 is 2.25 bits per heavy atom. The molecule has 3 N–H and O–H groups in total. The van der Waals surface area contributed by atoms with Crippen LogP contribution < -0.4 is 0 Å². The van der Waals surface area contributed by atoms with Crippen molar-refractivity contribution >= 4 is 0 Å². The Labute approximate surface area is 143 Å². The molecule has 142 valence electrons. The fourth-order valence-corrected chi connectivity index (χ4v) is 3.57. The van der Waals surface area contributed by atoms with Crippen molar-refractivity contribution in [1.82, 2.24) is 4.90 Å². The van der Waals surface area contributed by atoms with E-state index in [1.807, 2.05) is 25.9 Å². The predicted molar refractivity (Wildman–Crippen MR) is 85.3 cm³/mol. The van der Waals surface area contributed by atoms with Crippen LogP contribution in [0.25, 0.3) is 0 Å². The zero-order valence-corrected chi connectivity index (χ0v) is 15.2. The van der Waals surface area contributed by atoms with Crippen molar-refractivity contribution in [1.29, 1.82) is 0 Å². The Bertz CT molecular complexity index is 419. The number of rotatable bonds is 4. The highest BCUT2D eigenvalue weighted by atomic mass is 16.7. The van der Waals surface area contributed by atoms with Gasteiger partial charge >= 0.3 is 0 Å². The van der Waals surface area contributed by atoms with Gasteiger partial charge < -0.3 is 39.2 Å². The number of nitrogens with zero attached hydrogens (tertiary/aromatic N) is 1. The molecule has 0 aromatic carbocycles. The molecule has 2 rings (SSSR count). The third kappa shape index (κ3) is 3.91. The van der Waals surface area contributed by atoms with Crippen LogP contribution in [0.3, 0.4) is 0 Å². The molecule has 2 aliphatic rings. The van der Waals surface area contributed by atoms with Gasteiger partial charge in [-0.15, -0.1) is 0 Å². The maximum Gasteiger partial charge on any atom is 0.185 e. The maximum absolute atomic E-state index is 10.5. The summed E-state index contributed by atoms with van der Waals surface area (Å²) in [5.41, 5.74) is -1.30. The smallest absolute Gasteiger partial charge is 0.185 e. The second kappa shape index (κ2) is 7.51. The summed E-state index contributed by atoms with van der Waals surface area (Å²) < 4.78 is 22.6. The van der Waals surface area contributed by atoms with E-state index in [-0.39, 0.29) is 18.6 Å². The number of aliphatic hydroxyl groups excluding tert-OH is 2. The normalized spacial score (nSPS) is 50.2. The average Bonchev–Trinajstić information content (AvgIpc) is 2.47. The lowest BCUT2D eigenvalue weighted by Crippen LogP contribution is -2.64. The first kappa shape index (κ1) is 20.0. The number of likely N-dealkylation sites (N-methyl/N-ethyl adjacent to an activating group) is 1. The van der Waals surface area contributed by atoms with Crippen molar-refractivity contribution in [3.63, 3.8) is 0 Å². The van der Waals surface area contributed by atoms with Crippen LogP contribution in [0, 0.1) is 0 Å². The van der Waals surface area contributed by atoms with Gasteiger partial charge in [0, 0.05) is 13.5 Å². The third-order valence-electron chi connectivity index (χ3n) is 4.94. The zero-order valence-electron chi connectivity index (χ0n) is 15.2. The Morgan fingerprint density at radius 1 is 1.12 bits per heavy atom. The number of ether oxygens (including phenoxy) is 4. The van der Waals surface area contributed by atoms with Crippen LogP contribution in [0.15, 0.2) is 0 Å². The highest BCUT2D eigenvalue weighted by Gasteiger charge is 2.49. The molecule has 2 saturated heterocycles. The highest BCUT2D eigenvalue weighted by Crippen LogP contribution is 2.33. The standard InChI is InChI=1S/C16H31NO7/c1-8-13(11(17(4)5)12(18)15(21-6)23-8)24-10-7-16(3,20)14(19)9(2)22-10/h8-15,18-20H,7H2,1-6H3/t8-,9+,10+,11-,12-,13-,14+,15-,16-/m1/s1. The molecule has 8 nitrogen and oxygen atoms in total. The molecular formula is C16H31NO7. The van der Waals surface area contributed by atoms with Gasteiger partial charge in [-0.05, 0) is 34.9 Å². The van der Waals surface area contributed by atoms with Crippen molar-refractivity contribution < 1.29 is 34.3 Å². The number of aliphatic hydroxyl groups is 3. The molecule has 0 amide bonds. The number of hydrogen-bond donors (Lipinski definition) is 3. The molecule has 0 radical (unpaired) electrons. The van der Waals surface area contributed by atoms with Gasteiger partial charge in [-0.3, -0.25) is 0 Å². The second-order valence-electron chi connectivity index (χ2n) is 7.27. The first-order chi connectivity index (χ1) is 11.1. The molecule has 24 heavy (non-hydrogen) atoms. The first-order valence-electron chi connectivity index (χ1n) is 8.32. The molecule has 0 spiro atoms. The average molecular weight is 349 g/mol. The lowest BCUT2D eigenvalue weighted by Gasteiger charge is -2.48. The van der Waals surface area contributed by atoms with E-state index >= 15 is 0 Å². The Kier molecular flexibility index (Phi) is 6.26. The minimum atomic E-state index is -1.30. The molecule has 0 aromatic heterocycles. The van der Waals surface area contributed by atoms with Gasteiger partial charge in [-0.25, -0.2) is 0 Å². The Morgan fingerprint density at radius 2 is 1.75 bits per heavy atom. The second-order valence-corrected chi connectivity index (χ2v) is 7.27. The molecule has 0 saturated carbocycles. The van der Waals surface area contributed by atoms with E-state index in [1.165, 1.54) is 7.11 Å². The molecule has 2 fully saturated rings. The lowest BCUT2D eigenvalue weighted by atomic mass is 9.88. The van der Waals surface area contributed by atoms with E-state index in [2.05, 4.69) is 0 Å². The molecule has 0 bridgehead atoms. The van der Waals surface area contributed by atoms with Crippen molar-refractivity contribution in [2.45, 2.75) is 81.9 Å². The van der Waals surface area contributed by atoms with Gasteiger partial charge in [-0.2, -0.15) is 0 Å². The summed E-state index contributed by atoms with van der Waals surface area (Å²) in [6.07, 6.45) is -4.57. The SMILES string of the molecule is CO[C@@H]1O[C@H](C)[C@@H](O[C@H]2C[C@@](C)(O)[C@@H](O)[C@H](C)O2)[C@H](N(C)C)[C@H]1O. The monoisotopic (exact) mass is 349 g/mol. The van der Waals surface area contributed by atoms with Crippen LogP contribution in [0.4, 0.5) is 0 Å². The minimum Gasteiger partial charge on any atom is -0.387 e. The molecule has 2 aliphatic heterocycles. The van der Waals surface area contributed by atoms with Crippen LogP contribution in [-0.2, 0) is 18.9 Å². The van der Waals surface area contributed by atoms with Gasteiger partial charge in [0.25, 0.3) is 0 Å². The van der Waals surface area contributed by atoms with E-state index in [0.717, 1.165) is 0 Å². The molecular weight excluding hydrogens is 318 g/mol. The maximum atomic E-state index is 10.5. The third-order valence-corrected chi connectivity index (χ3v) is 4.94. The van der Waals surface area contributed by atoms with Crippen LogP contribution in [-0.4, -0.2) is 96.2 Å². The van der Waals surface area contributed by atoms with Crippen molar-refractivity contribution in [2.75, 3.05) is 21.2 Å². The summed E-state index contributed by atoms with van der Waals surface area (Å²) in [5, 5.41) is 30.9. The Hall–Kier alpha value is -0.320. The van der Waals surface area contributed by atoms with Crippen molar-refractivity contribution in [2.24, 2.45) is 0 Å². The van der Waals surface area contributed by atoms with Gasteiger partial charge in [0.1, 0.15) is 18.3 Å². The lowest BCUT2D eigenvalue weighted by molar-refractivity contribution is -0.330. The largest absolute Gasteiger partial charge is 0.387 e. The van der Waals surface area contributed by atoms with Crippen molar-refractivity contribution in [3.8, 4) is 0 Å². The quantitative estimate of drug-likeness (QED) is 0.613. The summed E-state index contributed by atoms with van der Waals surface area (Å²) in [6.45, 7) is 5.10. The van der Waals surface area contributed by atoms with Gasteiger partial charge in [0.15, 0.2) is 12.6 Å². The molecule has 2 heterocycles. The van der Waals surface area contributed by atoms with E-state index in [4.69, 9.17) is 18.9 Å². The molecule has 8 heteroatoms. The van der Waals surface area contributed by atoms with E-state index in [9.17, 15) is 15.3 Å². The van der Waals surface area contributed by atoms with E-state index in [0.29, 0.717) is 0 Å². The fourth-order valence-electron chi connectivity index (χ4n) is 3.57. The predicted octanol–water partition coefficient (Wildman–Crippen LogP) is -0.699. The highest BCUT2D eigenvalue weighted by molar-refractivity contribution is 4.96. The topological polar surface area (TPSA) is 101 Å². The summed E-state index contributed by atoms with van der Waals surface area (Å²) >= 11 is 0. The van der Waals surface area contributed by atoms with Crippen LogP contribution in [0.5, 0.6) is 0 Å². The molecule has 0 aliphatic carbocycles. The van der Waals surface area contributed by atoms with Gasteiger partial charge in [0.2, 0.25) is 0 Å². The van der Waals surface area contributed by atoms with Crippen LogP contribution in [0.1, 0.15) is 27.2 Å². The summed E-state index contributed by atoms with van der Waals surface area (Å²) in [5.74, 6) is 0. The number of hydrogen-bond acceptors (Lipinski definition) is 8. The minimum absolute atomic E-state index is 0.131. The van der Waals surface area contributed by atoms with Gasteiger partial charge in [-0.1, -0.05) is 0 Å². The zero-order chi connectivity index (χ0) is 18.2. The van der Waals surface area contributed by atoms with E-state index < -0.39 is 42.6 Å². The summed E-state index contributed by atoms with van der Waals surface area (Å²) in [6, 6.07) is -0.366.